The van der Waals surface area contributed by atoms with Gasteiger partial charge in [-0.3, -0.25) is 9.48 Å². The number of anilines is 1. The van der Waals surface area contributed by atoms with E-state index in [0.717, 1.165) is 6.42 Å². The van der Waals surface area contributed by atoms with Crippen LogP contribution in [0.5, 0.6) is 5.75 Å². The summed E-state index contributed by atoms with van der Waals surface area (Å²) in [5.41, 5.74) is 1.51. The normalized spacial score (nSPS) is 13.7. The molecule has 1 aliphatic carbocycles. The van der Waals surface area contributed by atoms with Gasteiger partial charge >= 0.3 is 6.18 Å². The largest absolute Gasteiger partial charge is 0.508 e. The van der Waals surface area contributed by atoms with Gasteiger partial charge in [0.05, 0.1) is 6.54 Å². The minimum Gasteiger partial charge on any atom is -0.508 e. The molecular formula is C22H20F3N3O2. The molecule has 8 heteroatoms. The van der Waals surface area contributed by atoms with Gasteiger partial charge in [0.1, 0.15) is 5.75 Å². The molecule has 2 aromatic carbocycles. The van der Waals surface area contributed by atoms with Crippen molar-refractivity contribution in [2.75, 3.05) is 5.32 Å². The second kappa shape index (κ2) is 7.85. The molecule has 0 saturated heterocycles. The molecule has 1 aliphatic rings. The van der Waals surface area contributed by atoms with Gasteiger partial charge in [0.2, 0.25) is 0 Å². The summed E-state index contributed by atoms with van der Waals surface area (Å²) in [6.07, 6.45) is -2.05. The van der Waals surface area contributed by atoms with Gasteiger partial charge in [-0.05, 0) is 61.6 Å². The fourth-order valence-corrected chi connectivity index (χ4v) is 3.81. The molecule has 156 valence electrons. The summed E-state index contributed by atoms with van der Waals surface area (Å²) in [4.78, 5) is 12.8. The summed E-state index contributed by atoms with van der Waals surface area (Å²) in [5.74, 6) is -0.300. The standard InChI is InChI=1S/C22H20F3N3O2/c23-22(24,25)20-18-7-3-4-8-19(18)28(27-20)13-14-5-1-2-6-17(14)21(30)26-15-9-11-16(29)12-10-15/h1-2,5-6,9-12,29H,3-4,7-8,13H2,(H,26,30). The van der Waals surface area contributed by atoms with Gasteiger partial charge in [0, 0.05) is 22.5 Å². The van der Waals surface area contributed by atoms with Crippen LogP contribution in [0.4, 0.5) is 18.9 Å². The summed E-state index contributed by atoms with van der Waals surface area (Å²) in [6.45, 7) is 0.0809. The fourth-order valence-electron chi connectivity index (χ4n) is 3.81. The number of hydrogen-bond acceptors (Lipinski definition) is 3. The Labute approximate surface area is 171 Å². The number of hydrogen-bond donors (Lipinski definition) is 2. The summed E-state index contributed by atoms with van der Waals surface area (Å²) in [6, 6.07) is 12.8. The molecule has 0 bridgehead atoms. The van der Waals surface area contributed by atoms with E-state index in [1.54, 1.807) is 36.4 Å². The SMILES string of the molecule is O=C(Nc1ccc(O)cc1)c1ccccc1Cn1nc(C(F)(F)F)c2c1CCCC2. The smallest absolute Gasteiger partial charge is 0.435 e. The molecular weight excluding hydrogens is 395 g/mol. The second-order valence-corrected chi connectivity index (χ2v) is 7.29. The summed E-state index contributed by atoms with van der Waals surface area (Å²) in [7, 11) is 0. The highest BCUT2D eigenvalue weighted by Crippen LogP contribution is 2.36. The van der Waals surface area contributed by atoms with Crippen LogP contribution in [-0.4, -0.2) is 20.8 Å². The van der Waals surface area contributed by atoms with E-state index in [4.69, 9.17) is 0 Å². The number of carbonyl (C=O) groups excluding carboxylic acids is 1. The zero-order valence-electron chi connectivity index (χ0n) is 16.0. The number of benzene rings is 2. The van der Waals surface area contributed by atoms with Crippen molar-refractivity contribution >= 4 is 11.6 Å². The lowest BCUT2D eigenvalue weighted by Gasteiger charge is -2.16. The van der Waals surface area contributed by atoms with Gasteiger partial charge in [0.15, 0.2) is 5.69 Å². The molecule has 0 fully saturated rings. The minimum absolute atomic E-state index is 0.0809. The van der Waals surface area contributed by atoms with Gasteiger partial charge in [-0.25, -0.2) is 0 Å². The van der Waals surface area contributed by atoms with E-state index in [-0.39, 0.29) is 23.8 Å². The van der Waals surface area contributed by atoms with Crippen LogP contribution >= 0.6 is 0 Å². The Morgan fingerprint density at radius 3 is 2.50 bits per heavy atom. The molecule has 4 rings (SSSR count). The number of fused-ring (bicyclic) bond motifs is 1. The number of phenols is 1. The number of rotatable bonds is 4. The zero-order valence-corrected chi connectivity index (χ0v) is 16.0. The quantitative estimate of drug-likeness (QED) is 0.603. The van der Waals surface area contributed by atoms with Gasteiger partial charge < -0.3 is 10.4 Å². The molecule has 0 atom stereocenters. The number of phenolic OH excluding ortho intramolecular Hbond substituents is 1. The van der Waals surface area contributed by atoms with Gasteiger partial charge in [-0.1, -0.05) is 18.2 Å². The molecule has 0 unspecified atom stereocenters. The first-order valence-electron chi connectivity index (χ1n) is 9.67. The Bertz CT molecular complexity index is 1070. The van der Waals surface area contributed by atoms with Crippen LogP contribution in [0, 0.1) is 0 Å². The van der Waals surface area contributed by atoms with E-state index in [9.17, 15) is 23.1 Å². The number of alkyl halides is 3. The highest BCUT2D eigenvalue weighted by Gasteiger charge is 2.39. The molecule has 2 N–H and O–H groups in total. The van der Waals surface area contributed by atoms with Crippen LogP contribution in [-0.2, 0) is 25.6 Å². The molecule has 3 aromatic rings. The third-order valence-electron chi connectivity index (χ3n) is 5.23. The highest BCUT2D eigenvalue weighted by atomic mass is 19.4. The van der Waals surface area contributed by atoms with E-state index in [1.807, 2.05) is 0 Å². The average Bonchev–Trinajstić information content (AvgIpc) is 3.09. The number of nitrogens with zero attached hydrogens (tertiary/aromatic N) is 2. The van der Waals surface area contributed by atoms with E-state index in [0.29, 0.717) is 41.8 Å². The molecule has 1 heterocycles. The van der Waals surface area contributed by atoms with Crippen molar-refractivity contribution in [1.29, 1.82) is 0 Å². The molecule has 0 saturated carbocycles. The van der Waals surface area contributed by atoms with Gasteiger partial charge in [-0.2, -0.15) is 18.3 Å². The lowest BCUT2D eigenvalue weighted by atomic mass is 9.95. The molecule has 0 spiro atoms. The Kier molecular flexibility index (Phi) is 5.24. The number of aromatic nitrogens is 2. The maximum atomic E-state index is 13.4. The van der Waals surface area contributed by atoms with Crippen LogP contribution in [0.15, 0.2) is 48.5 Å². The molecule has 1 amide bonds. The minimum atomic E-state index is -4.50. The predicted octanol–water partition coefficient (Wildman–Crippen LogP) is 4.79. The molecule has 5 nitrogen and oxygen atoms in total. The lowest BCUT2D eigenvalue weighted by Crippen LogP contribution is -2.17. The first kappa shape index (κ1) is 20.0. The summed E-state index contributed by atoms with van der Waals surface area (Å²) >= 11 is 0. The number of amides is 1. The first-order valence-corrected chi connectivity index (χ1v) is 9.67. The molecule has 0 radical (unpaired) electrons. The number of nitrogens with one attached hydrogen (secondary N) is 1. The fraction of sp³-hybridized carbons (Fsp3) is 0.273. The zero-order chi connectivity index (χ0) is 21.3. The van der Waals surface area contributed by atoms with Crippen LogP contribution in [0.3, 0.4) is 0 Å². The maximum Gasteiger partial charge on any atom is 0.435 e. The van der Waals surface area contributed by atoms with Crippen molar-refractivity contribution in [2.24, 2.45) is 0 Å². The average molecular weight is 415 g/mol. The monoisotopic (exact) mass is 415 g/mol. The maximum absolute atomic E-state index is 13.4. The lowest BCUT2D eigenvalue weighted by molar-refractivity contribution is -0.142. The van der Waals surface area contributed by atoms with Crippen LogP contribution in [0.1, 0.15) is 45.7 Å². The number of halogens is 3. The van der Waals surface area contributed by atoms with Crippen molar-refractivity contribution in [3.63, 3.8) is 0 Å². The van der Waals surface area contributed by atoms with Crippen LogP contribution in [0.2, 0.25) is 0 Å². The van der Waals surface area contributed by atoms with E-state index in [1.165, 1.54) is 16.8 Å². The van der Waals surface area contributed by atoms with Gasteiger partial charge in [-0.15, -0.1) is 0 Å². The van der Waals surface area contributed by atoms with Crippen molar-refractivity contribution < 1.29 is 23.1 Å². The summed E-state index contributed by atoms with van der Waals surface area (Å²) < 4.78 is 41.7. The molecule has 0 aliphatic heterocycles. The Morgan fingerprint density at radius 1 is 1.07 bits per heavy atom. The number of aromatic hydroxyl groups is 1. The molecule has 30 heavy (non-hydrogen) atoms. The van der Waals surface area contributed by atoms with Crippen molar-refractivity contribution in [3.8, 4) is 5.75 Å². The number of carbonyl (C=O) groups is 1. The highest BCUT2D eigenvalue weighted by molar-refractivity contribution is 6.05. The van der Waals surface area contributed by atoms with Crippen molar-refractivity contribution in [3.05, 3.63) is 76.6 Å². The third-order valence-corrected chi connectivity index (χ3v) is 5.23. The second-order valence-electron chi connectivity index (χ2n) is 7.29. The molecule has 1 aromatic heterocycles. The Morgan fingerprint density at radius 2 is 1.77 bits per heavy atom. The topological polar surface area (TPSA) is 67.2 Å². The van der Waals surface area contributed by atoms with Crippen LogP contribution < -0.4 is 5.32 Å². The third kappa shape index (κ3) is 4.03. The first-order chi connectivity index (χ1) is 14.3. The Balaban J connectivity index is 1.64. The van der Waals surface area contributed by atoms with E-state index < -0.39 is 11.9 Å². The van der Waals surface area contributed by atoms with Crippen molar-refractivity contribution in [1.82, 2.24) is 9.78 Å². The Hall–Kier alpha value is -3.29. The van der Waals surface area contributed by atoms with E-state index in [2.05, 4.69) is 10.4 Å². The van der Waals surface area contributed by atoms with Crippen molar-refractivity contribution in [2.45, 2.75) is 38.4 Å². The van der Waals surface area contributed by atoms with Crippen LogP contribution in [0.25, 0.3) is 0 Å². The summed E-state index contributed by atoms with van der Waals surface area (Å²) in [5, 5.41) is 16.0. The predicted molar refractivity (Wildman–Crippen MR) is 105 cm³/mol. The van der Waals surface area contributed by atoms with Gasteiger partial charge in [0.25, 0.3) is 5.91 Å². The van der Waals surface area contributed by atoms with E-state index >= 15 is 0 Å².